The van der Waals surface area contributed by atoms with E-state index < -0.39 is 0 Å². The smallest absolute Gasteiger partial charge is 0.121 e. The fraction of sp³-hybridized carbons (Fsp3) is 0.200. The van der Waals surface area contributed by atoms with Gasteiger partial charge in [0.25, 0.3) is 0 Å². The second kappa shape index (κ2) is 5.69. The molecule has 1 unspecified atom stereocenters. The summed E-state index contributed by atoms with van der Waals surface area (Å²) in [6.45, 7) is 3.99. The number of aryl methyl sites for hydroxylation is 1. The van der Waals surface area contributed by atoms with Crippen LogP contribution in [0.25, 0.3) is 0 Å². The van der Waals surface area contributed by atoms with E-state index in [1.54, 1.807) is 6.07 Å². The Morgan fingerprint density at radius 2 is 1.84 bits per heavy atom. The van der Waals surface area contributed by atoms with Gasteiger partial charge in [-0.2, -0.15) is 0 Å². The molecule has 0 spiro atoms. The van der Waals surface area contributed by atoms with Gasteiger partial charge >= 0.3 is 0 Å². The van der Waals surface area contributed by atoms with Crippen molar-refractivity contribution in [3.05, 3.63) is 51.1 Å². The van der Waals surface area contributed by atoms with E-state index in [-0.39, 0.29) is 17.5 Å². The molecule has 0 aliphatic heterocycles. The first-order valence-corrected chi connectivity index (χ1v) is 7.10. The summed E-state index contributed by atoms with van der Waals surface area (Å²) in [6.07, 6.45) is 0. The first-order chi connectivity index (χ1) is 8.97. The van der Waals surface area contributed by atoms with Crippen LogP contribution in [0.2, 0.25) is 0 Å². The highest BCUT2D eigenvalue weighted by atomic mass is 127. The monoisotopic (exact) mass is 369 g/mol. The largest absolute Gasteiger partial charge is 0.508 e. The van der Waals surface area contributed by atoms with Crippen molar-refractivity contribution < 1.29 is 10.2 Å². The highest BCUT2D eigenvalue weighted by Gasteiger charge is 2.12. The van der Waals surface area contributed by atoms with E-state index in [4.69, 9.17) is 0 Å². The highest BCUT2D eigenvalue weighted by molar-refractivity contribution is 14.1. The average molecular weight is 369 g/mol. The van der Waals surface area contributed by atoms with Crippen LogP contribution >= 0.6 is 22.6 Å². The van der Waals surface area contributed by atoms with E-state index in [0.29, 0.717) is 5.56 Å². The molecule has 0 aromatic heterocycles. The third-order valence-corrected chi connectivity index (χ3v) is 3.71. The van der Waals surface area contributed by atoms with Gasteiger partial charge in [0.1, 0.15) is 11.5 Å². The van der Waals surface area contributed by atoms with Crippen LogP contribution in [0.1, 0.15) is 24.1 Å². The summed E-state index contributed by atoms with van der Waals surface area (Å²) in [5.74, 6) is 0.335. The molecule has 4 heteroatoms. The molecule has 19 heavy (non-hydrogen) atoms. The molecule has 100 valence electrons. The molecule has 2 aromatic carbocycles. The second-order valence-electron chi connectivity index (χ2n) is 4.57. The number of anilines is 1. The van der Waals surface area contributed by atoms with E-state index in [1.807, 2.05) is 26.0 Å². The van der Waals surface area contributed by atoms with Gasteiger partial charge < -0.3 is 15.5 Å². The molecule has 0 radical (unpaired) electrons. The quantitative estimate of drug-likeness (QED) is 0.562. The summed E-state index contributed by atoms with van der Waals surface area (Å²) < 4.78 is 1.19. The van der Waals surface area contributed by atoms with Gasteiger partial charge in [-0.25, -0.2) is 0 Å². The molecule has 0 fully saturated rings. The number of halogens is 1. The summed E-state index contributed by atoms with van der Waals surface area (Å²) in [5.41, 5.74) is 2.85. The molecule has 0 saturated carbocycles. The van der Waals surface area contributed by atoms with E-state index in [1.165, 1.54) is 15.7 Å². The Bertz CT molecular complexity index is 599. The predicted molar refractivity (Wildman–Crippen MR) is 85.7 cm³/mol. The van der Waals surface area contributed by atoms with Crippen LogP contribution in [0.15, 0.2) is 36.4 Å². The van der Waals surface area contributed by atoms with Gasteiger partial charge in [0.2, 0.25) is 0 Å². The number of rotatable bonds is 3. The lowest BCUT2D eigenvalue weighted by molar-refractivity contribution is 0.451. The van der Waals surface area contributed by atoms with Gasteiger partial charge in [0.15, 0.2) is 0 Å². The molecule has 0 aliphatic rings. The minimum atomic E-state index is -0.0918. The topological polar surface area (TPSA) is 52.5 Å². The number of nitrogens with one attached hydrogen (secondary N) is 1. The number of hydrogen-bond acceptors (Lipinski definition) is 3. The van der Waals surface area contributed by atoms with E-state index in [0.717, 1.165) is 11.3 Å². The Morgan fingerprint density at radius 3 is 2.53 bits per heavy atom. The van der Waals surface area contributed by atoms with Crippen LogP contribution in [0.5, 0.6) is 11.5 Å². The fourth-order valence-corrected chi connectivity index (χ4v) is 2.64. The number of benzene rings is 2. The second-order valence-corrected chi connectivity index (χ2v) is 5.81. The van der Waals surface area contributed by atoms with Crippen LogP contribution in [-0.2, 0) is 0 Å². The van der Waals surface area contributed by atoms with Crippen molar-refractivity contribution in [1.29, 1.82) is 0 Å². The van der Waals surface area contributed by atoms with Crippen molar-refractivity contribution in [3.8, 4) is 11.5 Å². The molecule has 0 bridgehead atoms. The third kappa shape index (κ3) is 3.32. The zero-order valence-electron chi connectivity index (χ0n) is 10.8. The number of phenols is 2. The van der Waals surface area contributed by atoms with Gasteiger partial charge in [0, 0.05) is 14.8 Å². The molecule has 0 heterocycles. The maximum absolute atomic E-state index is 9.84. The molecule has 3 nitrogen and oxygen atoms in total. The lowest BCUT2D eigenvalue weighted by Gasteiger charge is -2.18. The average Bonchev–Trinajstić information content (AvgIpc) is 2.35. The normalized spacial score (nSPS) is 12.2. The van der Waals surface area contributed by atoms with Crippen molar-refractivity contribution in [2.75, 3.05) is 5.32 Å². The Hall–Kier alpha value is -1.43. The summed E-state index contributed by atoms with van der Waals surface area (Å²) in [7, 11) is 0. The van der Waals surface area contributed by atoms with Crippen molar-refractivity contribution in [1.82, 2.24) is 0 Å². The Morgan fingerprint density at radius 1 is 1.11 bits per heavy atom. The molecular weight excluding hydrogens is 353 g/mol. The van der Waals surface area contributed by atoms with Crippen molar-refractivity contribution in [2.45, 2.75) is 19.9 Å². The van der Waals surface area contributed by atoms with Gasteiger partial charge in [-0.05, 0) is 78.4 Å². The van der Waals surface area contributed by atoms with Crippen molar-refractivity contribution in [2.24, 2.45) is 0 Å². The minimum absolute atomic E-state index is 0.0918. The highest BCUT2D eigenvalue weighted by Crippen LogP contribution is 2.31. The molecule has 3 N–H and O–H groups in total. The van der Waals surface area contributed by atoms with Gasteiger partial charge in [-0.15, -0.1) is 0 Å². The third-order valence-electron chi connectivity index (χ3n) is 3.04. The van der Waals surface area contributed by atoms with Crippen LogP contribution in [0, 0.1) is 10.5 Å². The SMILES string of the molecule is Cc1cc(I)ccc1NC(C)c1cc(O)ccc1O. The van der Waals surface area contributed by atoms with Crippen molar-refractivity contribution >= 4 is 28.3 Å². The van der Waals surface area contributed by atoms with E-state index in [2.05, 4.69) is 34.0 Å². The zero-order chi connectivity index (χ0) is 14.0. The van der Waals surface area contributed by atoms with Gasteiger partial charge in [-0.1, -0.05) is 0 Å². The number of hydrogen-bond donors (Lipinski definition) is 3. The van der Waals surface area contributed by atoms with Crippen molar-refractivity contribution in [3.63, 3.8) is 0 Å². The van der Waals surface area contributed by atoms with E-state index >= 15 is 0 Å². The molecule has 1 atom stereocenters. The maximum atomic E-state index is 9.84. The first kappa shape index (κ1) is 14.0. The standard InChI is InChI=1S/C15H16INO2/c1-9-7-11(16)3-5-14(9)17-10(2)13-8-12(18)4-6-15(13)19/h3-8,10,17-19H,1-2H3. The minimum Gasteiger partial charge on any atom is -0.508 e. The molecule has 0 saturated heterocycles. The van der Waals surface area contributed by atoms with Crippen LogP contribution in [-0.4, -0.2) is 10.2 Å². The Labute approximate surface area is 126 Å². The molecule has 2 rings (SSSR count). The summed E-state index contributed by atoms with van der Waals surface area (Å²) in [5, 5.41) is 22.7. The fourth-order valence-electron chi connectivity index (χ4n) is 1.99. The number of aromatic hydroxyl groups is 2. The first-order valence-electron chi connectivity index (χ1n) is 6.02. The predicted octanol–water partition coefficient (Wildman–Crippen LogP) is 4.18. The molecular formula is C15H16INO2. The lowest BCUT2D eigenvalue weighted by Crippen LogP contribution is -2.08. The zero-order valence-corrected chi connectivity index (χ0v) is 13.0. The Balaban J connectivity index is 2.25. The molecule has 0 aliphatic carbocycles. The van der Waals surface area contributed by atoms with Crippen LogP contribution in [0.4, 0.5) is 5.69 Å². The van der Waals surface area contributed by atoms with E-state index in [9.17, 15) is 10.2 Å². The number of phenolic OH excluding ortho intramolecular Hbond substituents is 2. The van der Waals surface area contributed by atoms with Crippen LogP contribution < -0.4 is 5.32 Å². The van der Waals surface area contributed by atoms with Gasteiger partial charge in [-0.3, -0.25) is 0 Å². The summed E-state index contributed by atoms with van der Waals surface area (Å²) >= 11 is 2.28. The lowest BCUT2D eigenvalue weighted by atomic mass is 10.1. The van der Waals surface area contributed by atoms with Crippen LogP contribution in [0.3, 0.4) is 0 Å². The summed E-state index contributed by atoms with van der Waals surface area (Å²) in [4.78, 5) is 0. The molecule has 2 aromatic rings. The maximum Gasteiger partial charge on any atom is 0.121 e. The van der Waals surface area contributed by atoms with Gasteiger partial charge in [0.05, 0.1) is 6.04 Å². The molecule has 0 amide bonds. The Kier molecular flexibility index (Phi) is 4.19. The summed E-state index contributed by atoms with van der Waals surface area (Å²) in [6, 6.07) is 10.6.